The fourth-order valence-electron chi connectivity index (χ4n) is 1.48. The van der Waals surface area contributed by atoms with Crippen LogP contribution in [0, 0.1) is 11.3 Å². The van der Waals surface area contributed by atoms with E-state index in [9.17, 15) is 9.59 Å². The third kappa shape index (κ3) is 5.94. The van der Waals surface area contributed by atoms with Gasteiger partial charge in [0.2, 0.25) is 0 Å². The Morgan fingerprint density at radius 3 is 1.83 bits per heavy atom. The lowest BCUT2D eigenvalue weighted by atomic mass is 10.2. The standard InChI is InChI=1S/C16H21N3O4/c1-15(2,3)22-13(20)19(14(21)23-16(4,5)6)12-8-7-11(9-17)18-10-12/h7-8,10H,1-6H3. The van der Waals surface area contributed by atoms with E-state index in [0.29, 0.717) is 0 Å². The lowest BCUT2D eigenvalue weighted by Gasteiger charge is -2.28. The van der Waals surface area contributed by atoms with Crippen molar-refractivity contribution in [2.45, 2.75) is 52.7 Å². The Bertz CT molecular complexity index is 591. The molecule has 0 N–H and O–H groups in total. The van der Waals surface area contributed by atoms with E-state index in [0.717, 1.165) is 4.90 Å². The number of amides is 2. The van der Waals surface area contributed by atoms with E-state index >= 15 is 0 Å². The van der Waals surface area contributed by atoms with Gasteiger partial charge in [-0.2, -0.15) is 10.2 Å². The molecule has 2 amide bonds. The van der Waals surface area contributed by atoms with Crippen LogP contribution in [0.5, 0.6) is 0 Å². The summed E-state index contributed by atoms with van der Waals surface area (Å²) in [7, 11) is 0. The minimum absolute atomic E-state index is 0.160. The molecule has 23 heavy (non-hydrogen) atoms. The third-order valence-electron chi connectivity index (χ3n) is 2.27. The Hall–Kier alpha value is -2.62. The number of hydrogen-bond acceptors (Lipinski definition) is 6. The van der Waals surface area contributed by atoms with Crippen molar-refractivity contribution in [3.05, 3.63) is 24.0 Å². The maximum absolute atomic E-state index is 12.4. The molecule has 1 aromatic rings. The van der Waals surface area contributed by atoms with E-state index in [1.807, 2.05) is 6.07 Å². The van der Waals surface area contributed by atoms with Gasteiger partial charge in [-0.05, 0) is 53.7 Å². The van der Waals surface area contributed by atoms with Gasteiger partial charge in [0.05, 0.1) is 11.9 Å². The summed E-state index contributed by atoms with van der Waals surface area (Å²) in [5, 5.41) is 8.78. The van der Waals surface area contributed by atoms with Crippen LogP contribution in [0.25, 0.3) is 0 Å². The van der Waals surface area contributed by atoms with E-state index in [1.54, 1.807) is 41.5 Å². The van der Waals surface area contributed by atoms with E-state index in [-0.39, 0.29) is 11.4 Å². The number of anilines is 1. The van der Waals surface area contributed by atoms with Crippen molar-refractivity contribution in [3.63, 3.8) is 0 Å². The van der Waals surface area contributed by atoms with E-state index in [1.165, 1.54) is 18.3 Å². The van der Waals surface area contributed by atoms with Crippen molar-refractivity contribution in [3.8, 4) is 6.07 Å². The molecule has 0 unspecified atom stereocenters. The molecule has 0 aliphatic heterocycles. The number of rotatable bonds is 1. The lowest BCUT2D eigenvalue weighted by molar-refractivity contribution is 0.0430. The second-order valence-corrected chi connectivity index (χ2v) is 6.81. The summed E-state index contributed by atoms with van der Waals surface area (Å²) in [5.74, 6) is 0. The zero-order valence-corrected chi connectivity index (χ0v) is 14.2. The maximum atomic E-state index is 12.4. The molecular formula is C16H21N3O4. The Morgan fingerprint density at radius 1 is 1.04 bits per heavy atom. The molecule has 0 spiro atoms. The van der Waals surface area contributed by atoms with Crippen LogP contribution in [-0.2, 0) is 9.47 Å². The van der Waals surface area contributed by atoms with Crippen molar-refractivity contribution in [2.24, 2.45) is 0 Å². The van der Waals surface area contributed by atoms with Crippen LogP contribution in [-0.4, -0.2) is 28.4 Å². The SMILES string of the molecule is CC(C)(C)OC(=O)N(C(=O)OC(C)(C)C)c1ccc(C#N)nc1. The highest BCUT2D eigenvalue weighted by molar-refractivity contribution is 6.09. The van der Waals surface area contributed by atoms with E-state index in [4.69, 9.17) is 14.7 Å². The number of imide groups is 1. The van der Waals surface area contributed by atoms with Gasteiger partial charge in [-0.15, -0.1) is 0 Å². The molecular weight excluding hydrogens is 298 g/mol. The smallest absolute Gasteiger partial charge is 0.424 e. The molecule has 0 fully saturated rings. The highest BCUT2D eigenvalue weighted by atomic mass is 16.6. The summed E-state index contributed by atoms with van der Waals surface area (Å²) in [6, 6.07) is 4.70. The van der Waals surface area contributed by atoms with Gasteiger partial charge in [0.25, 0.3) is 0 Å². The predicted octanol–water partition coefficient (Wildman–Crippen LogP) is 3.63. The Labute approximate surface area is 135 Å². The van der Waals surface area contributed by atoms with Crippen molar-refractivity contribution in [2.75, 3.05) is 4.90 Å². The number of carbonyl (C=O) groups is 2. The number of nitriles is 1. The number of aromatic nitrogens is 1. The molecule has 0 radical (unpaired) electrons. The molecule has 7 nitrogen and oxygen atoms in total. The number of ether oxygens (including phenoxy) is 2. The zero-order valence-electron chi connectivity index (χ0n) is 14.2. The summed E-state index contributed by atoms with van der Waals surface area (Å²) in [5.41, 5.74) is -1.23. The molecule has 1 rings (SSSR count). The van der Waals surface area contributed by atoms with Crippen LogP contribution < -0.4 is 4.90 Å². The van der Waals surface area contributed by atoms with Gasteiger partial charge >= 0.3 is 12.2 Å². The topological polar surface area (TPSA) is 92.5 Å². The molecule has 0 bridgehead atoms. The molecule has 0 aliphatic carbocycles. The Morgan fingerprint density at radius 2 is 1.52 bits per heavy atom. The Balaban J connectivity index is 3.17. The second-order valence-electron chi connectivity index (χ2n) is 6.81. The number of pyridine rings is 1. The van der Waals surface area contributed by atoms with Gasteiger partial charge in [0, 0.05) is 0 Å². The number of nitrogens with zero attached hydrogens (tertiary/aromatic N) is 3. The first-order valence-corrected chi connectivity index (χ1v) is 7.05. The first kappa shape index (κ1) is 18.4. The van der Waals surface area contributed by atoms with Crippen LogP contribution in [0.1, 0.15) is 47.2 Å². The van der Waals surface area contributed by atoms with Gasteiger partial charge < -0.3 is 9.47 Å². The van der Waals surface area contributed by atoms with Gasteiger partial charge in [-0.3, -0.25) is 0 Å². The van der Waals surface area contributed by atoms with Crippen LogP contribution in [0.3, 0.4) is 0 Å². The van der Waals surface area contributed by atoms with Crippen LogP contribution in [0.2, 0.25) is 0 Å². The van der Waals surface area contributed by atoms with Gasteiger partial charge in [0.1, 0.15) is 23.0 Å². The normalized spacial score (nSPS) is 11.3. The molecule has 0 saturated carbocycles. The largest absolute Gasteiger partial charge is 0.443 e. The van der Waals surface area contributed by atoms with Crippen LogP contribution in [0.4, 0.5) is 15.3 Å². The summed E-state index contributed by atoms with van der Waals surface area (Å²) >= 11 is 0. The van der Waals surface area contributed by atoms with E-state index in [2.05, 4.69) is 4.98 Å². The molecule has 7 heteroatoms. The van der Waals surface area contributed by atoms with Crippen molar-refractivity contribution >= 4 is 17.9 Å². The molecule has 1 heterocycles. The number of carbonyl (C=O) groups excluding carboxylic acids is 2. The Kier molecular flexibility index (Phi) is 5.33. The second kappa shape index (κ2) is 6.65. The van der Waals surface area contributed by atoms with Crippen LogP contribution in [0.15, 0.2) is 18.3 Å². The summed E-state index contributed by atoms with van der Waals surface area (Å²) < 4.78 is 10.5. The third-order valence-corrected chi connectivity index (χ3v) is 2.27. The van der Waals surface area contributed by atoms with E-state index < -0.39 is 23.4 Å². The average molecular weight is 319 g/mol. The monoisotopic (exact) mass is 319 g/mol. The molecule has 0 saturated heterocycles. The molecule has 0 atom stereocenters. The predicted molar refractivity (Wildman–Crippen MR) is 83.9 cm³/mol. The fraction of sp³-hybridized carbons (Fsp3) is 0.500. The lowest BCUT2D eigenvalue weighted by Crippen LogP contribution is -2.43. The quantitative estimate of drug-likeness (QED) is 0.784. The van der Waals surface area contributed by atoms with Crippen molar-refractivity contribution < 1.29 is 19.1 Å². The van der Waals surface area contributed by atoms with Crippen molar-refractivity contribution in [1.82, 2.24) is 4.98 Å². The summed E-state index contributed by atoms with van der Waals surface area (Å²) in [4.78, 5) is 29.3. The summed E-state index contributed by atoms with van der Waals surface area (Å²) in [6.45, 7) is 10.1. The molecule has 0 aliphatic rings. The zero-order chi connectivity index (χ0) is 17.8. The van der Waals surface area contributed by atoms with Gasteiger partial charge in [0.15, 0.2) is 0 Å². The maximum Gasteiger partial charge on any atom is 0.424 e. The van der Waals surface area contributed by atoms with Gasteiger partial charge in [-0.1, -0.05) is 0 Å². The van der Waals surface area contributed by atoms with Gasteiger partial charge in [-0.25, -0.2) is 14.6 Å². The molecule has 1 aromatic heterocycles. The molecule has 124 valence electrons. The number of hydrogen-bond donors (Lipinski definition) is 0. The van der Waals surface area contributed by atoms with Crippen molar-refractivity contribution in [1.29, 1.82) is 5.26 Å². The average Bonchev–Trinajstić information content (AvgIpc) is 2.35. The highest BCUT2D eigenvalue weighted by Gasteiger charge is 2.32. The highest BCUT2D eigenvalue weighted by Crippen LogP contribution is 2.21. The first-order valence-electron chi connectivity index (χ1n) is 7.05. The molecule has 0 aromatic carbocycles. The minimum atomic E-state index is -0.877. The van der Waals surface area contributed by atoms with Crippen LogP contribution >= 0.6 is 0 Å². The summed E-state index contributed by atoms with van der Waals surface area (Å²) in [6.07, 6.45) is -0.511. The minimum Gasteiger partial charge on any atom is -0.443 e. The fourth-order valence-corrected chi connectivity index (χ4v) is 1.48. The first-order chi connectivity index (χ1) is 10.4.